The Morgan fingerprint density at radius 2 is 1.83 bits per heavy atom. The van der Waals surface area contributed by atoms with Gasteiger partial charge in [0.2, 0.25) is 5.91 Å². The highest BCUT2D eigenvalue weighted by molar-refractivity contribution is 7.13. The maximum Gasteiger partial charge on any atom is 0.224 e. The molecule has 2 aromatic carbocycles. The Kier molecular flexibility index (Phi) is 5.62. The predicted molar refractivity (Wildman–Crippen MR) is 99.4 cm³/mol. The molecule has 0 aliphatic rings. The van der Waals surface area contributed by atoms with Crippen molar-refractivity contribution in [3.63, 3.8) is 0 Å². The van der Waals surface area contributed by atoms with Crippen molar-refractivity contribution in [2.75, 3.05) is 6.54 Å². The Bertz CT molecular complexity index is 800. The third-order valence-corrected chi connectivity index (χ3v) is 4.75. The molecule has 0 aliphatic heterocycles. The van der Waals surface area contributed by atoms with Gasteiger partial charge in [-0.1, -0.05) is 54.1 Å². The number of thiazole rings is 1. The summed E-state index contributed by atoms with van der Waals surface area (Å²) in [6.07, 6.45) is 1.10. The van der Waals surface area contributed by atoms with E-state index in [1.54, 1.807) is 23.5 Å². The van der Waals surface area contributed by atoms with Crippen molar-refractivity contribution in [1.29, 1.82) is 0 Å². The van der Waals surface area contributed by atoms with E-state index in [2.05, 4.69) is 22.4 Å². The lowest BCUT2D eigenvalue weighted by molar-refractivity contribution is -0.120. The first-order valence-electron chi connectivity index (χ1n) is 7.72. The first-order chi connectivity index (χ1) is 11.7. The lowest BCUT2D eigenvalue weighted by Gasteiger charge is -2.04. The van der Waals surface area contributed by atoms with Gasteiger partial charge in [-0.25, -0.2) is 4.98 Å². The van der Waals surface area contributed by atoms with Crippen LogP contribution in [0.1, 0.15) is 11.3 Å². The Labute approximate surface area is 150 Å². The van der Waals surface area contributed by atoms with Crippen molar-refractivity contribution in [2.45, 2.75) is 12.8 Å². The van der Waals surface area contributed by atoms with E-state index in [1.165, 1.54) is 0 Å². The van der Waals surface area contributed by atoms with Crippen molar-refractivity contribution in [3.8, 4) is 10.6 Å². The molecule has 1 amide bonds. The second-order valence-electron chi connectivity index (χ2n) is 5.41. The van der Waals surface area contributed by atoms with Crippen LogP contribution in [0.4, 0.5) is 0 Å². The summed E-state index contributed by atoms with van der Waals surface area (Å²) in [5, 5.41) is 6.68. The highest BCUT2D eigenvalue weighted by Gasteiger charge is 2.06. The minimum atomic E-state index is 0.0100. The first-order valence-corrected chi connectivity index (χ1v) is 8.97. The smallest absolute Gasteiger partial charge is 0.224 e. The zero-order chi connectivity index (χ0) is 16.8. The van der Waals surface area contributed by atoms with E-state index in [9.17, 15) is 4.79 Å². The molecule has 3 nitrogen and oxygen atoms in total. The third-order valence-electron chi connectivity index (χ3n) is 3.55. The predicted octanol–water partition coefficient (Wildman–Crippen LogP) is 4.36. The number of nitrogens with zero attached hydrogens (tertiary/aromatic N) is 1. The molecule has 1 N–H and O–H groups in total. The topological polar surface area (TPSA) is 42.0 Å². The summed E-state index contributed by atoms with van der Waals surface area (Å²) in [6, 6.07) is 17.4. The molecule has 0 saturated heterocycles. The normalized spacial score (nSPS) is 10.5. The number of halogens is 1. The second-order valence-corrected chi connectivity index (χ2v) is 6.71. The molecular weight excluding hydrogens is 340 g/mol. The molecule has 0 aliphatic carbocycles. The molecule has 5 heteroatoms. The van der Waals surface area contributed by atoms with E-state index in [1.807, 2.05) is 35.7 Å². The van der Waals surface area contributed by atoms with Gasteiger partial charge in [0.05, 0.1) is 12.1 Å². The van der Waals surface area contributed by atoms with Gasteiger partial charge in [-0.3, -0.25) is 4.79 Å². The first kappa shape index (κ1) is 16.7. The Morgan fingerprint density at radius 3 is 2.58 bits per heavy atom. The van der Waals surface area contributed by atoms with Crippen molar-refractivity contribution in [2.24, 2.45) is 0 Å². The van der Waals surface area contributed by atoms with Crippen LogP contribution in [0.5, 0.6) is 0 Å². The Hall–Kier alpha value is -2.17. The van der Waals surface area contributed by atoms with Gasteiger partial charge in [0.15, 0.2) is 0 Å². The van der Waals surface area contributed by atoms with E-state index in [-0.39, 0.29) is 5.91 Å². The number of rotatable bonds is 6. The number of carbonyl (C=O) groups is 1. The highest BCUT2D eigenvalue weighted by Crippen LogP contribution is 2.23. The van der Waals surface area contributed by atoms with Crippen molar-refractivity contribution in [1.82, 2.24) is 10.3 Å². The standard InChI is InChI=1S/C19H17ClN2OS/c20-16-8-6-14(7-9-16)12-18(23)21-11-10-17-13-24-19(22-17)15-4-2-1-3-5-15/h1-9,13H,10-12H2,(H,21,23). The molecule has 122 valence electrons. The molecule has 0 spiro atoms. The van der Waals surface area contributed by atoms with Crippen LogP contribution >= 0.6 is 22.9 Å². The number of carbonyl (C=O) groups excluding carboxylic acids is 1. The molecule has 3 rings (SSSR count). The lowest BCUT2D eigenvalue weighted by atomic mass is 10.1. The van der Waals surface area contributed by atoms with Crippen molar-refractivity contribution in [3.05, 3.63) is 76.3 Å². The van der Waals surface area contributed by atoms with Gasteiger partial charge in [0.1, 0.15) is 5.01 Å². The summed E-state index contributed by atoms with van der Waals surface area (Å²) in [6.45, 7) is 0.588. The minimum Gasteiger partial charge on any atom is -0.355 e. The van der Waals surface area contributed by atoms with Gasteiger partial charge < -0.3 is 5.32 Å². The van der Waals surface area contributed by atoms with Gasteiger partial charge in [-0.15, -0.1) is 11.3 Å². The largest absolute Gasteiger partial charge is 0.355 e. The van der Waals surface area contributed by atoms with Gasteiger partial charge in [0, 0.05) is 28.9 Å². The van der Waals surface area contributed by atoms with E-state index in [0.29, 0.717) is 18.0 Å². The van der Waals surface area contributed by atoms with Crippen LogP contribution in [0.25, 0.3) is 10.6 Å². The zero-order valence-electron chi connectivity index (χ0n) is 13.0. The molecule has 3 aromatic rings. The van der Waals surface area contributed by atoms with Gasteiger partial charge in [0.25, 0.3) is 0 Å². The maximum absolute atomic E-state index is 12.0. The quantitative estimate of drug-likeness (QED) is 0.712. The van der Waals surface area contributed by atoms with Gasteiger partial charge in [-0.05, 0) is 17.7 Å². The molecule has 1 heterocycles. The fourth-order valence-corrected chi connectivity index (χ4v) is 3.30. The SMILES string of the molecule is O=C(Cc1ccc(Cl)cc1)NCCc1csc(-c2ccccc2)n1. The molecule has 0 atom stereocenters. The molecule has 0 saturated carbocycles. The van der Waals surface area contributed by atoms with E-state index in [4.69, 9.17) is 11.6 Å². The summed E-state index contributed by atoms with van der Waals surface area (Å²) >= 11 is 7.47. The fourth-order valence-electron chi connectivity index (χ4n) is 2.32. The summed E-state index contributed by atoms with van der Waals surface area (Å²) < 4.78 is 0. The molecule has 1 aromatic heterocycles. The van der Waals surface area contributed by atoms with Crippen molar-refractivity contribution < 1.29 is 4.79 Å². The molecular formula is C19H17ClN2OS. The highest BCUT2D eigenvalue weighted by atomic mass is 35.5. The van der Waals surface area contributed by atoms with Crippen LogP contribution in [0.3, 0.4) is 0 Å². The van der Waals surface area contributed by atoms with Crippen molar-refractivity contribution >= 4 is 28.8 Å². The monoisotopic (exact) mass is 356 g/mol. The van der Waals surface area contributed by atoms with E-state index < -0.39 is 0 Å². The Balaban J connectivity index is 1.47. The number of hydrogen-bond acceptors (Lipinski definition) is 3. The summed E-state index contributed by atoms with van der Waals surface area (Å²) in [5.74, 6) is 0.0100. The molecule has 0 unspecified atom stereocenters. The zero-order valence-corrected chi connectivity index (χ0v) is 14.6. The maximum atomic E-state index is 12.0. The molecule has 24 heavy (non-hydrogen) atoms. The van der Waals surface area contributed by atoms with Gasteiger partial charge in [-0.2, -0.15) is 0 Å². The van der Waals surface area contributed by atoms with Crippen LogP contribution in [0.2, 0.25) is 5.02 Å². The van der Waals surface area contributed by atoms with Crippen LogP contribution in [-0.2, 0) is 17.6 Å². The average Bonchev–Trinajstić information content (AvgIpc) is 3.07. The van der Waals surface area contributed by atoms with E-state index in [0.717, 1.165) is 28.2 Å². The number of benzene rings is 2. The number of hydrogen-bond donors (Lipinski definition) is 1. The van der Waals surface area contributed by atoms with E-state index >= 15 is 0 Å². The lowest BCUT2D eigenvalue weighted by Crippen LogP contribution is -2.27. The molecule has 0 radical (unpaired) electrons. The fraction of sp³-hybridized carbons (Fsp3) is 0.158. The Morgan fingerprint density at radius 1 is 1.08 bits per heavy atom. The number of amides is 1. The molecule has 0 bridgehead atoms. The minimum absolute atomic E-state index is 0.0100. The number of nitrogens with one attached hydrogen (secondary N) is 1. The summed E-state index contributed by atoms with van der Waals surface area (Å²) in [4.78, 5) is 16.6. The van der Waals surface area contributed by atoms with Crippen LogP contribution in [-0.4, -0.2) is 17.4 Å². The van der Waals surface area contributed by atoms with Crippen LogP contribution in [0.15, 0.2) is 60.0 Å². The number of aromatic nitrogens is 1. The summed E-state index contributed by atoms with van der Waals surface area (Å²) in [5.41, 5.74) is 3.09. The van der Waals surface area contributed by atoms with Crippen LogP contribution < -0.4 is 5.32 Å². The average molecular weight is 357 g/mol. The summed E-state index contributed by atoms with van der Waals surface area (Å²) in [7, 11) is 0. The third kappa shape index (κ3) is 4.66. The molecule has 0 fully saturated rings. The van der Waals surface area contributed by atoms with Gasteiger partial charge >= 0.3 is 0 Å². The second kappa shape index (κ2) is 8.08. The van der Waals surface area contributed by atoms with Crippen LogP contribution in [0, 0.1) is 0 Å².